The molecule has 1 N–H and O–H groups in total. The van der Waals surface area contributed by atoms with Gasteiger partial charge in [-0.05, 0) is 43.7 Å². The van der Waals surface area contributed by atoms with Gasteiger partial charge in [0.1, 0.15) is 11.5 Å². The molecule has 0 spiro atoms. The molecule has 1 aromatic heterocycles. The standard InChI is InChI=1S/C16H18F3NO2/c1-11(2)22-13-6-5-12(15(8-13)16(17,18)19)9-20-10-14-4-3-7-21-14/h3-8,11,20H,9-10H2,1-2H3. The summed E-state index contributed by atoms with van der Waals surface area (Å²) in [6.07, 6.45) is -3.07. The van der Waals surface area contributed by atoms with Gasteiger partial charge in [0.05, 0.1) is 24.5 Å². The molecule has 0 bridgehead atoms. The van der Waals surface area contributed by atoms with E-state index in [2.05, 4.69) is 5.32 Å². The Kier molecular flexibility index (Phi) is 5.13. The van der Waals surface area contributed by atoms with Crippen LogP contribution < -0.4 is 10.1 Å². The molecule has 0 aliphatic rings. The van der Waals surface area contributed by atoms with Gasteiger partial charge in [0, 0.05) is 6.54 Å². The number of hydrogen-bond acceptors (Lipinski definition) is 3. The second kappa shape index (κ2) is 6.87. The van der Waals surface area contributed by atoms with Gasteiger partial charge in [-0.2, -0.15) is 13.2 Å². The number of ether oxygens (including phenoxy) is 1. The highest BCUT2D eigenvalue weighted by Crippen LogP contribution is 2.34. The lowest BCUT2D eigenvalue weighted by molar-refractivity contribution is -0.138. The molecule has 0 amide bonds. The van der Waals surface area contributed by atoms with Crippen molar-refractivity contribution in [3.8, 4) is 5.75 Å². The molecule has 1 aromatic carbocycles. The quantitative estimate of drug-likeness (QED) is 0.859. The first-order valence-electron chi connectivity index (χ1n) is 6.96. The van der Waals surface area contributed by atoms with Crippen LogP contribution in [0.5, 0.6) is 5.75 Å². The molecule has 0 saturated heterocycles. The van der Waals surface area contributed by atoms with Gasteiger partial charge in [-0.25, -0.2) is 0 Å². The van der Waals surface area contributed by atoms with E-state index >= 15 is 0 Å². The fraction of sp³-hybridized carbons (Fsp3) is 0.375. The van der Waals surface area contributed by atoms with E-state index in [0.29, 0.717) is 12.3 Å². The zero-order valence-electron chi connectivity index (χ0n) is 12.4. The number of halogens is 3. The van der Waals surface area contributed by atoms with Crippen LogP contribution in [0.25, 0.3) is 0 Å². The van der Waals surface area contributed by atoms with Gasteiger partial charge in [-0.15, -0.1) is 0 Å². The minimum Gasteiger partial charge on any atom is -0.491 e. The van der Waals surface area contributed by atoms with Gasteiger partial charge in [0.15, 0.2) is 0 Å². The van der Waals surface area contributed by atoms with Crippen LogP contribution in [0.4, 0.5) is 13.2 Å². The minimum atomic E-state index is -4.42. The maximum Gasteiger partial charge on any atom is 0.416 e. The minimum absolute atomic E-state index is 0.0947. The van der Waals surface area contributed by atoms with Crippen molar-refractivity contribution < 1.29 is 22.3 Å². The van der Waals surface area contributed by atoms with Gasteiger partial charge in [-0.1, -0.05) is 6.07 Å². The maximum absolute atomic E-state index is 13.2. The molecule has 0 atom stereocenters. The summed E-state index contributed by atoms with van der Waals surface area (Å²) in [5.74, 6) is 0.894. The van der Waals surface area contributed by atoms with Gasteiger partial charge in [0.25, 0.3) is 0 Å². The molecule has 3 nitrogen and oxygen atoms in total. The van der Waals surface area contributed by atoms with Crippen molar-refractivity contribution in [2.75, 3.05) is 0 Å². The largest absolute Gasteiger partial charge is 0.491 e. The number of alkyl halides is 3. The summed E-state index contributed by atoms with van der Waals surface area (Å²) in [5, 5.41) is 2.94. The van der Waals surface area contributed by atoms with Crippen molar-refractivity contribution in [2.24, 2.45) is 0 Å². The Bertz CT molecular complexity index is 592. The van der Waals surface area contributed by atoms with Crippen LogP contribution in [-0.2, 0) is 19.3 Å². The smallest absolute Gasteiger partial charge is 0.416 e. The Balaban J connectivity index is 2.11. The predicted molar refractivity (Wildman–Crippen MR) is 76.5 cm³/mol. The normalized spacial score (nSPS) is 11.9. The van der Waals surface area contributed by atoms with Crippen LogP contribution in [0.15, 0.2) is 41.0 Å². The van der Waals surface area contributed by atoms with Crippen molar-refractivity contribution in [2.45, 2.75) is 39.2 Å². The highest BCUT2D eigenvalue weighted by Gasteiger charge is 2.33. The van der Waals surface area contributed by atoms with Crippen LogP contribution in [0.2, 0.25) is 0 Å². The predicted octanol–water partition coefficient (Wildman–Crippen LogP) is 4.38. The van der Waals surface area contributed by atoms with Gasteiger partial charge in [-0.3, -0.25) is 0 Å². The second-order valence-electron chi connectivity index (χ2n) is 5.17. The Hall–Kier alpha value is -1.95. The van der Waals surface area contributed by atoms with Gasteiger partial charge in [0.2, 0.25) is 0 Å². The van der Waals surface area contributed by atoms with E-state index in [0.717, 1.165) is 6.07 Å². The third-order valence-corrected chi connectivity index (χ3v) is 2.95. The Labute approximate surface area is 127 Å². The lowest BCUT2D eigenvalue weighted by atomic mass is 10.1. The van der Waals surface area contributed by atoms with Crippen LogP contribution in [-0.4, -0.2) is 6.10 Å². The van der Waals surface area contributed by atoms with Crippen LogP contribution >= 0.6 is 0 Å². The summed E-state index contributed by atoms with van der Waals surface area (Å²) in [6, 6.07) is 7.53. The number of hydrogen-bond donors (Lipinski definition) is 1. The van der Waals surface area contributed by atoms with E-state index in [1.807, 2.05) is 0 Å². The molecular weight excluding hydrogens is 295 g/mol. The molecule has 1 heterocycles. The second-order valence-corrected chi connectivity index (χ2v) is 5.17. The summed E-state index contributed by atoms with van der Waals surface area (Å²) in [6.45, 7) is 4.00. The highest BCUT2D eigenvalue weighted by atomic mass is 19.4. The summed E-state index contributed by atoms with van der Waals surface area (Å²) >= 11 is 0. The zero-order valence-corrected chi connectivity index (χ0v) is 12.4. The third kappa shape index (κ3) is 4.53. The van der Waals surface area contributed by atoms with E-state index < -0.39 is 11.7 Å². The van der Waals surface area contributed by atoms with Crippen LogP contribution in [0.3, 0.4) is 0 Å². The molecule has 22 heavy (non-hydrogen) atoms. The van der Waals surface area contributed by atoms with Crippen molar-refractivity contribution in [1.29, 1.82) is 0 Å². The van der Waals surface area contributed by atoms with Gasteiger partial charge < -0.3 is 14.5 Å². The molecule has 0 aliphatic carbocycles. The van der Waals surface area contributed by atoms with Gasteiger partial charge >= 0.3 is 6.18 Å². The Morgan fingerprint density at radius 3 is 2.55 bits per heavy atom. The first kappa shape index (κ1) is 16.4. The Morgan fingerprint density at radius 1 is 1.18 bits per heavy atom. The molecule has 0 aliphatic heterocycles. The van der Waals surface area contributed by atoms with Crippen molar-refractivity contribution in [1.82, 2.24) is 5.32 Å². The molecule has 0 radical (unpaired) electrons. The van der Waals surface area contributed by atoms with E-state index in [-0.39, 0.29) is 24.0 Å². The summed E-state index contributed by atoms with van der Waals surface area (Å²) in [7, 11) is 0. The number of furan rings is 1. The van der Waals surface area contributed by atoms with E-state index in [9.17, 15) is 13.2 Å². The number of benzene rings is 1. The molecule has 0 unspecified atom stereocenters. The molecule has 6 heteroatoms. The topological polar surface area (TPSA) is 34.4 Å². The van der Waals surface area contributed by atoms with E-state index in [1.165, 1.54) is 12.3 Å². The highest BCUT2D eigenvalue weighted by molar-refractivity contribution is 5.37. The molecular formula is C16H18F3NO2. The maximum atomic E-state index is 13.2. The van der Waals surface area contributed by atoms with Crippen molar-refractivity contribution >= 4 is 0 Å². The van der Waals surface area contributed by atoms with Crippen LogP contribution in [0, 0.1) is 0 Å². The lowest BCUT2D eigenvalue weighted by Crippen LogP contribution is -2.17. The van der Waals surface area contributed by atoms with E-state index in [4.69, 9.17) is 9.15 Å². The molecule has 2 aromatic rings. The molecule has 0 fully saturated rings. The summed E-state index contributed by atoms with van der Waals surface area (Å²) < 4.78 is 50.0. The number of nitrogens with one attached hydrogen (secondary N) is 1. The fourth-order valence-electron chi connectivity index (χ4n) is 2.05. The third-order valence-electron chi connectivity index (χ3n) is 2.95. The summed E-state index contributed by atoms with van der Waals surface area (Å²) in [4.78, 5) is 0. The number of rotatable bonds is 6. The zero-order chi connectivity index (χ0) is 16.2. The average Bonchev–Trinajstić information content (AvgIpc) is 2.91. The molecule has 120 valence electrons. The molecule has 2 rings (SSSR count). The van der Waals surface area contributed by atoms with Crippen LogP contribution in [0.1, 0.15) is 30.7 Å². The monoisotopic (exact) mass is 313 g/mol. The lowest BCUT2D eigenvalue weighted by Gasteiger charge is -2.16. The first-order chi connectivity index (χ1) is 10.4. The first-order valence-corrected chi connectivity index (χ1v) is 6.96. The van der Waals surface area contributed by atoms with Crippen molar-refractivity contribution in [3.05, 3.63) is 53.5 Å². The fourth-order valence-corrected chi connectivity index (χ4v) is 2.05. The van der Waals surface area contributed by atoms with Crippen molar-refractivity contribution in [3.63, 3.8) is 0 Å². The van der Waals surface area contributed by atoms with E-state index in [1.54, 1.807) is 32.0 Å². The average molecular weight is 313 g/mol. The summed E-state index contributed by atoms with van der Waals surface area (Å²) in [5.41, 5.74) is -0.507. The SMILES string of the molecule is CC(C)Oc1ccc(CNCc2ccco2)c(C(F)(F)F)c1. The Morgan fingerprint density at radius 2 is 1.95 bits per heavy atom. The molecule has 0 saturated carbocycles.